The van der Waals surface area contributed by atoms with E-state index in [1.54, 1.807) is 67.6 Å². The van der Waals surface area contributed by atoms with Gasteiger partial charge in [0.2, 0.25) is 0 Å². The van der Waals surface area contributed by atoms with Gasteiger partial charge in [0.1, 0.15) is 5.76 Å². The largest absolute Gasteiger partial charge is 0.506 e. The van der Waals surface area contributed by atoms with E-state index in [2.05, 4.69) is 0 Å². The molecular formula is C19H17NO4. The SMILES string of the molecule is CCOC(=O)C(=N)/C(C(=O)c1ccccc1)=C(\O)c1ccccc1. The van der Waals surface area contributed by atoms with E-state index in [1.165, 1.54) is 0 Å². The van der Waals surface area contributed by atoms with Crippen molar-refractivity contribution in [3.8, 4) is 0 Å². The van der Waals surface area contributed by atoms with Crippen LogP contribution in [0.3, 0.4) is 0 Å². The lowest BCUT2D eigenvalue weighted by Gasteiger charge is -2.11. The molecule has 5 nitrogen and oxygen atoms in total. The summed E-state index contributed by atoms with van der Waals surface area (Å²) in [6.45, 7) is 1.67. The molecule has 0 aliphatic carbocycles. The summed E-state index contributed by atoms with van der Waals surface area (Å²) in [4.78, 5) is 24.7. The molecule has 0 heterocycles. The van der Waals surface area contributed by atoms with Crippen molar-refractivity contribution in [2.45, 2.75) is 6.92 Å². The van der Waals surface area contributed by atoms with Crippen LogP contribution in [0, 0.1) is 5.41 Å². The van der Waals surface area contributed by atoms with E-state index >= 15 is 0 Å². The molecule has 0 saturated carbocycles. The molecule has 0 amide bonds. The third-order valence-electron chi connectivity index (χ3n) is 3.28. The summed E-state index contributed by atoms with van der Waals surface area (Å²) in [5.74, 6) is -2.00. The first kappa shape index (κ1) is 17.1. The number of aliphatic hydroxyl groups excluding tert-OH is 1. The summed E-state index contributed by atoms with van der Waals surface area (Å²) in [6.07, 6.45) is 0. The van der Waals surface area contributed by atoms with E-state index in [0.29, 0.717) is 5.56 Å². The fourth-order valence-electron chi connectivity index (χ4n) is 2.12. The van der Waals surface area contributed by atoms with E-state index in [1.807, 2.05) is 0 Å². The van der Waals surface area contributed by atoms with Gasteiger partial charge in [-0.1, -0.05) is 60.7 Å². The Bertz CT molecular complexity index is 780. The quantitative estimate of drug-likeness (QED) is 0.280. The zero-order chi connectivity index (χ0) is 17.5. The maximum absolute atomic E-state index is 12.7. The van der Waals surface area contributed by atoms with Gasteiger partial charge in [0, 0.05) is 11.1 Å². The predicted octanol–water partition coefficient (Wildman–Crippen LogP) is 3.42. The molecule has 122 valence electrons. The summed E-state index contributed by atoms with van der Waals surface area (Å²) in [7, 11) is 0. The van der Waals surface area contributed by atoms with E-state index in [-0.39, 0.29) is 17.7 Å². The summed E-state index contributed by atoms with van der Waals surface area (Å²) in [6, 6.07) is 16.5. The highest BCUT2D eigenvalue weighted by molar-refractivity contribution is 6.51. The van der Waals surface area contributed by atoms with Gasteiger partial charge < -0.3 is 9.84 Å². The van der Waals surface area contributed by atoms with Crippen molar-refractivity contribution < 1.29 is 19.4 Å². The third-order valence-corrected chi connectivity index (χ3v) is 3.28. The van der Waals surface area contributed by atoms with Gasteiger partial charge in [0.15, 0.2) is 11.5 Å². The molecule has 0 bridgehead atoms. The molecule has 2 aromatic rings. The molecule has 2 N–H and O–H groups in total. The smallest absolute Gasteiger partial charge is 0.357 e. The number of ketones is 1. The van der Waals surface area contributed by atoms with Crippen LogP contribution in [0.2, 0.25) is 0 Å². The van der Waals surface area contributed by atoms with Crippen LogP contribution in [0.5, 0.6) is 0 Å². The highest BCUT2D eigenvalue weighted by atomic mass is 16.5. The second-order valence-corrected chi connectivity index (χ2v) is 4.88. The Hall–Kier alpha value is -3.21. The fourth-order valence-corrected chi connectivity index (χ4v) is 2.12. The summed E-state index contributed by atoms with van der Waals surface area (Å²) in [5.41, 5.74) is -0.451. The standard InChI is InChI=1S/C19H17NO4/c1-2-24-19(23)16(20)15(17(21)13-9-5-3-6-10-13)18(22)14-11-7-4-8-12-14/h3-12,20-21H,2H2,1H3/b17-15+,20-16?. The van der Waals surface area contributed by atoms with Crippen LogP contribution in [0.1, 0.15) is 22.8 Å². The van der Waals surface area contributed by atoms with Crippen LogP contribution in [-0.4, -0.2) is 29.2 Å². The number of rotatable bonds is 6. The van der Waals surface area contributed by atoms with Crippen molar-refractivity contribution in [3.05, 3.63) is 77.4 Å². The van der Waals surface area contributed by atoms with E-state index in [4.69, 9.17) is 10.1 Å². The Morgan fingerprint density at radius 3 is 1.96 bits per heavy atom. The highest BCUT2D eigenvalue weighted by Gasteiger charge is 2.27. The van der Waals surface area contributed by atoms with Gasteiger partial charge in [-0.15, -0.1) is 0 Å². The van der Waals surface area contributed by atoms with Crippen LogP contribution in [0.15, 0.2) is 66.2 Å². The molecule has 2 rings (SSSR count). The predicted molar refractivity (Wildman–Crippen MR) is 91.1 cm³/mol. The minimum absolute atomic E-state index is 0.0696. The highest BCUT2D eigenvalue weighted by Crippen LogP contribution is 2.21. The molecular weight excluding hydrogens is 306 g/mol. The van der Waals surface area contributed by atoms with Gasteiger partial charge >= 0.3 is 5.97 Å². The van der Waals surface area contributed by atoms with Gasteiger partial charge in [0.25, 0.3) is 0 Å². The van der Waals surface area contributed by atoms with Gasteiger partial charge in [-0.3, -0.25) is 10.2 Å². The molecule has 0 saturated heterocycles. The summed E-state index contributed by atoms with van der Waals surface area (Å²) >= 11 is 0. The van der Waals surface area contributed by atoms with Crippen molar-refractivity contribution in [2.75, 3.05) is 6.61 Å². The fraction of sp³-hybridized carbons (Fsp3) is 0.105. The average Bonchev–Trinajstić information content (AvgIpc) is 2.63. The van der Waals surface area contributed by atoms with Crippen molar-refractivity contribution >= 4 is 23.2 Å². The van der Waals surface area contributed by atoms with Crippen LogP contribution in [0.25, 0.3) is 5.76 Å². The Kier molecular flexibility index (Phi) is 5.63. The molecule has 0 aromatic heterocycles. The van der Waals surface area contributed by atoms with Gasteiger partial charge in [-0.25, -0.2) is 4.79 Å². The first-order valence-electron chi connectivity index (χ1n) is 7.40. The van der Waals surface area contributed by atoms with Crippen molar-refractivity contribution in [1.29, 1.82) is 5.41 Å². The molecule has 0 spiro atoms. The number of aliphatic hydroxyl groups is 1. The minimum atomic E-state index is -0.959. The molecule has 0 aliphatic heterocycles. The summed E-state index contributed by atoms with van der Waals surface area (Å²) in [5, 5.41) is 18.5. The van der Waals surface area contributed by atoms with Crippen LogP contribution in [0.4, 0.5) is 0 Å². The van der Waals surface area contributed by atoms with E-state index in [0.717, 1.165) is 0 Å². The molecule has 0 atom stereocenters. The Balaban J connectivity index is 2.56. The number of esters is 1. The normalized spacial score (nSPS) is 11.4. The van der Waals surface area contributed by atoms with Crippen LogP contribution >= 0.6 is 0 Å². The number of hydrogen-bond acceptors (Lipinski definition) is 5. The maximum Gasteiger partial charge on any atom is 0.357 e. The molecule has 24 heavy (non-hydrogen) atoms. The zero-order valence-corrected chi connectivity index (χ0v) is 13.2. The summed E-state index contributed by atoms with van der Waals surface area (Å²) < 4.78 is 4.80. The molecule has 5 heteroatoms. The lowest BCUT2D eigenvalue weighted by molar-refractivity contribution is -0.135. The first-order valence-corrected chi connectivity index (χ1v) is 7.40. The van der Waals surface area contributed by atoms with E-state index in [9.17, 15) is 14.7 Å². The number of ether oxygens (including phenoxy) is 1. The number of carbonyl (C=O) groups is 2. The molecule has 0 radical (unpaired) electrons. The lowest BCUT2D eigenvalue weighted by atomic mass is 9.95. The first-order chi connectivity index (χ1) is 11.6. The van der Waals surface area contributed by atoms with Crippen molar-refractivity contribution in [3.63, 3.8) is 0 Å². The second kappa shape index (κ2) is 7.87. The lowest BCUT2D eigenvalue weighted by Crippen LogP contribution is -2.24. The topological polar surface area (TPSA) is 87.5 Å². The Morgan fingerprint density at radius 1 is 0.958 bits per heavy atom. The van der Waals surface area contributed by atoms with Crippen LogP contribution < -0.4 is 0 Å². The number of nitrogens with one attached hydrogen (secondary N) is 1. The number of benzene rings is 2. The van der Waals surface area contributed by atoms with Crippen molar-refractivity contribution in [2.24, 2.45) is 0 Å². The zero-order valence-electron chi connectivity index (χ0n) is 13.2. The molecule has 2 aromatic carbocycles. The average molecular weight is 323 g/mol. The number of carbonyl (C=O) groups excluding carboxylic acids is 2. The van der Waals surface area contributed by atoms with Crippen LogP contribution in [-0.2, 0) is 9.53 Å². The Morgan fingerprint density at radius 2 is 1.46 bits per heavy atom. The number of hydrogen-bond donors (Lipinski definition) is 2. The van der Waals surface area contributed by atoms with Crippen molar-refractivity contribution in [1.82, 2.24) is 0 Å². The van der Waals surface area contributed by atoms with Gasteiger partial charge in [-0.2, -0.15) is 0 Å². The number of Topliss-reactive ketones (excluding diaryl/α,β-unsaturated/α-hetero) is 1. The van der Waals surface area contributed by atoms with Gasteiger partial charge in [-0.05, 0) is 6.92 Å². The van der Waals surface area contributed by atoms with E-state index < -0.39 is 23.2 Å². The maximum atomic E-state index is 12.7. The Labute approximate surface area is 139 Å². The van der Waals surface area contributed by atoms with Gasteiger partial charge in [0.05, 0.1) is 12.2 Å². The molecule has 0 unspecified atom stereocenters. The minimum Gasteiger partial charge on any atom is -0.506 e. The third kappa shape index (κ3) is 3.76. The molecule has 0 aliphatic rings. The second-order valence-electron chi connectivity index (χ2n) is 4.88. The monoisotopic (exact) mass is 323 g/mol. The molecule has 0 fully saturated rings.